The molecule has 0 unspecified atom stereocenters. The Morgan fingerprint density at radius 1 is 1.03 bits per heavy atom. The summed E-state index contributed by atoms with van der Waals surface area (Å²) in [5.74, 6) is -5.43. The molecule has 3 rings (SSSR count). The van der Waals surface area contributed by atoms with E-state index in [0.717, 1.165) is 12.1 Å². The van der Waals surface area contributed by atoms with Crippen molar-refractivity contribution in [2.24, 2.45) is 5.73 Å². The minimum atomic E-state index is -1.15. The van der Waals surface area contributed by atoms with Crippen LogP contribution in [0.25, 0.3) is 11.3 Å². The van der Waals surface area contributed by atoms with Crippen molar-refractivity contribution in [3.8, 4) is 11.3 Å². The van der Waals surface area contributed by atoms with Crippen LogP contribution in [-0.2, 0) is 11.2 Å². The number of amides is 2. The molecule has 1 aromatic heterocycles. The number of nitrogens with two attached hydrogens (primary N) is 1. The molecule has 1 heterocycles. The molecule has 29 heavy (non-hydrogen) atoms. The maximum Gasteiger partial charge on any atom is 0.251 e. The molecule has 0 radical (unpaired) electrons. The van der Waals surface area contributed by atoms with Crippen molar-refractivity contribution in [1.82, 2.24) is 4.98 Å². The molecule has 3 aromatic rings. The molecule has 10 heteroatoms. The van der Waals surface area contributed by atoms with Gasteiger partial charge in [-0.2, -0.15) is 0 Å². The van der Waals surface area contributed by atoms with Gasteiger partial charge >= 0.3 is 0 Å². The van der Waals surface area contributed by atoms with Crippen molar-refractivity contribution in [1.29, 1.82) is 0 Å². The highest BCUT2D eigenvalue weighted by molar-refractivity contribution is 5.96. The van der Waals surface area contributed by atoms with Crippen LogP contribution in [0, 0.1) is 23.3 Å². The standard InChI is InChI=1S/C19H13F4N3O3/c20-9-1-2-10(12(21)5-9)16-8-25-18(29-16)4-3-17(27)26-15-6-11(19(24)28)13(22)7-14(15)23/h1-2,5-8H,3-4H2,(H2,24,28)(H,26,27). The van der Waals surface area contributed by atoms with Gasteiger partial charge in [0.05, 0.1) is 23.0 Å². The van der Waals surface area contributed by atoms with Crippen molar-refractivity contribution in [2.75, 3.05) is 5.32 Å². The van der Waals surface area contributed by atoms with Gasteiger partial charge in [-0.05, 0) is 18.2 Å². The van der Waals surface area contributed by atoms with Gasteiger partial charge in [0.2, 0.25) is 5.91 Å². The molecular weight excluding hydrogens is 394 g/mol. The number of benzene rings is 2. The van der Waals surface area contributed by atoms with Crippen molar-refractivity contribution < 1.29 is 31.6 Å². The number of hydrogen-bond acceptors (Lipinski definition) is 4. The number of anilines is 1. The van der Waals surface area contributed by atoms with E-state index in [1.165, 1.54) is 12.3 Å². The molecule has 2 amide bonds. The number of aromatic nitrogens is 1. The Kier molecular flexibility index (Phi) is 5.62. The zero-order chi connectivity index (χ0) is 21.1. The van der Waals surface area contributed by atoms with Crippen LogP contribution in [0.15, 0.2) is 40.9 Å². The van der Waals surface area contributed by atoms with Gasteiger partial charge in [0.15, 0.2) is 11.7 Å². The first-order valence-corrected chi connectivity index (χ1v) is 8.23. The third-order valence-corrected chi connectivity index (χ3v) is 3.91. The number of oxazole rings is 1. The Morgan fingerprint density at radius 2 is 1.79 bits per heavy atom. The first-order chi connectivity index (χ1) is 13.7. The van der Waals surface area contributed by atoms with Gasteiger partial charge in [0, 0.05) is 25.0 Å². The molecule has 3 N–H and O–H groups in total. The molecular formula is C19H13F4N3O3. The Morgan fingerprint density at radius 3 is 2.48 bits per heavy atom. The Hall–Kier alpha value is -3.69. The number of rotatable bonds is 6. The lowest BCUT2D eigenvalue weighted by Gasteiger charge is -2.08. The molecule has 0 aliphatic carbocycles. The lowest BCUT2D eigenvalue weighted by atomic mass is 10.1. The number of aryl methyl sites for hydroxylation is 1. The van der Waals surface area contributed by atoms with E-state index >= 15 is 0 Å². The van der Waals surface area contributed by atoms with E-state index in [1.807, 2.05) is 0 Å². The average Bonchev–Trinajstić information content (AvgIpc) is 3.10. The molecule has 0 aliphatic heterocycles. The van der Waals surface area contributed by atoms with Crippen LogP contribution in [0.2, 0.25) is 0 Å². The number of hydrogen-bond donors (Lipinski definition) is 2. The second-order valence-corrected chi connectivity index (χ2v) is 5.97. The predicted octanol–water partition coefficient (Wildman–Crippen LogP) is 3.57. The molecule has 0 bridgehead atoms. The topological polar surface area (TPSA) is 98.2 Å². The molecule has 150 valence electrons. The van der Waals surface area contributed by atoms with E-state index in [4.69, 9.17) is 10.2 Å². The van der Waals surface area contributed by atoms with E-state index in [-0.39, 0.29) is 30.1 Å². The fourth-order valence-electron chi connectivity index (χ4n) is 2.51. The first-order valence-electron chi connectivity index (χ1n) is 8.23. The molecule has 2 aromatic carbocycles. The summed E-state index contributed by atoms with van der Waals surface area (Å²) < 4.78 is 59.3. The fourth-order valence-corrected chi connectivity index (χ4v) is 2.51. The van der Waals surface area contributed by atoms with Gasteiger partial charge < -0.3 is 15.5 Å². The van der Waals surface area contributed by atoms with Crippen LogP contribution in [0.3, 0.4) is 0 Å². The normalized spacial score (nSPS) is 10.8. The predicted molar refractivity (Wildman–Crippen MR) is 93.7 cm³/mol. The Labute approximate surface area is 161 Å². The summed E-state index contributed by atoms with van der Waals surface area (Å²) in [7, 11) is 0. The molecule has 6 nitrogen and oxygen atoms in total. The third kappa shape index (κ3) is 4.60. The highest BCUT2D eigenvalue weighted by atomic mass is 19.1. The van der Waals surface area contributed by atoms with Gasteiger partial charge in [-0.15, -0.1) is 0 Å². The highest BCUT2D eigenvalue weighted by Crippen LogP contribution is 2.25. The van der Waals surface area contributed by atoms with Crippen molar-refractivity contribution in [3.63, 3.8) is 0 Å². The van der Waals surface area contributed by atoms with Crippen LogP contribution in [0.5, 0.6) is 0 Å². The van der Waals surface area contributed by atoms with Crippen LogP contribution in [0.1, 0.15) is 22.7 Å². The average molecular weight is 407 g/mol. The van der Waals surface area contributed by atoms with Crippen LogP contribution in [0.4, 0.5) is 23.2 Å². The minimum Gasteiger partial charge on any atom is -0.441 e. The van der Waals surface area contributed by atoms with Crippen molar-refractivity contribution in [3.05, 3.63) is 71.3 Å². The summed E-state index contributed by atoms with van der Waals surface area (Å²) in [5.41, 5.74) is 4.01. The summed E-state index contributed by atoms with van der Waals surface area (Å²) in [5, 5.41) is 2.20. The number of carbonyl (C=O) groups is 2. The maximum atomic E-state index is 13.8. The number of primary amides is 1. The first kappa shape index (κ1) is 20.1. The molecule has 0 saturated heterocycles. The monoisotopic (exact) mass is 407 g/mol. The third-order valence-electron chi connectivity index (χ3n) is 3.91. The number of halogens is 4. The van der Waals surface area contributed by atoms with E-state index in [2.05, 4.69) is 10.3 Å². The van der Waals surface area contributed by atoms with Gasteiger partial charge in [-0.3, -0.25) is 9.59 Å². The molecule has 0 spiro atoms. The van der Waals surface area contributed by atoms with Crippen LogP contribution >= 0.6 is 0 Å². The summed E-state index contributed by atoms with van der Waals surface area (Å²) in [6.45, 7) is 0. The minimum absolute atomic E-state index is 0.00182. The fraction of sp³-hybridized carbons (Fsp3) is 0.105. The lowest BCUT2D eigenvalue weighted by molar-refractivity contribution is -0.116. The second kappa shape index (κ2) is 8.13. The van der Waals surface area contributed by atoms with Crippen LogP contribution in [-0.4, -0.2) is 16.8 Å². The van der Waals surface area contributed by atoms with Gasteiger partial charge in [-0.1, -0.05) is 0 Å². The second-order valence-electron chi connectivity index (χ2n) is 5.97. The molecule has 0 atom stereocenters. The molecule has 0 fully saturated rings. The molecule has 0 saturated carbocycles. The summed E-state index contributed by atoms with van der Waals surface area (Å²) in [4.78, 5) is 27.0. The van der Waals surface area contributed by atoms with Gasteiger partial charge in [0.25, 0.3) is 5.91 Å². The zero-order valence-corrected chi connectivity index (χ0v) is 14.6. The highest BCUT2D eigenvalue weighted by Gasteiger charge is 2.17. The SMILES string of the molecule is NC(=O)c1cc(NC(=O)CCc2ncc(-c3ccc(F)cc3F)o2)c(F)cc1F. The summed E-state index contributed by atoms with van der Waals surface area (Å²) in [6, 6.07) is 4.18. The number of carbonyl (C=O) groups excluding carboxylic acids is 2. The van der Waals surface area contributed by atoms with E-state index in [0.29, 0.717) is 12.1 Å². The number of nitrogens with one attached hydrogen (secondary N) is 1. The quantitative estimate of drug-likeness (QED) is 0.611. The van der Waals surface area contributed by atoms with E-state index in [9.17, 15) is 27.2 Å². The lowest BCUT2D eigenvalue weighted by Crippen LogP contribution is -2.17. The summed E-state index contributed by atoms with van der Waals surface area (Å²) >= 11 is 0. The molecule has 0 aliphatic rings. The van der Waals surface area contributed by atoms with Gasteiger partial charge in [0.1, 0.15) is 23.3 Å². The van der Waals surface area contributed by atoms with Crippen LogP contribution < -0.4 is 11.1 Å². The van der Waals surface area contributed by atoms with Crippen molar-refractivity contribution in [2.45, 2.75) is 12.8 Å². The summed E-state index contributed by atoms with van der Waals surface area (Å²) in [6.07, 6.45) is 1.01. The smallest absolute Gasteiger partial charge is 0.251 e. The van der Waals surface area contributed by atoms with E-state index in [1.54, 1.807) is 0 Å². The largest absolute Gasteiger partial charge is 0.441 e. The number of nitrogens with zero attached hydrogens (tertiary/aromatic N) is 1. The Bertz CT molecular complexity index is 1100. The Balaban J connectivity index is 1.65. The van der Waals surface area contributed by atoms with Gasteiger partial charge in [-0.25, -0.2) is 22.5 Å². The zero-order valence-electron chi connectivity index (χ0n) is 14.6. The maximum absolute atomic E-state index is 13.8. The van der Waals surface area contributed by atoms with Crippen molar-refractivity contribution >= 4 is 17.5 Å². The van der Waals surface area contributed by atoms with E-state index < -0.39 is 46.3 Å².